The number of fused-ring (bicyclic) bond motifs is 1. The highest BCUT2D eigenvalue weighted by Gasteiger charge is 2.25. The van der Waals surface area contributed by atoms with Gasteiger partial charge in [-0.25, -0.2) is 17.9 Å². The molecular formula is C16H20FNO4S2. The zero-order valence-corrected chi connectivity index (χ0v) is 15.1. The number of hydrogen-bond donors (Lipinski definition) is 1. The number of sulfone groups is 1. The van der Waals surface area contributed by atoms with Crippen LogP contribution in [0.2, 0.25) is 0 Å². The molecule has 0 saturated heterocycles. The molecule has 2 aromatic rings. The number of nitrogens with zero attached hydrogens (tertiary/aromatic N) is 1. The van der Waals surface area contributed by atoms with E-state index in [-0.39, 0.29) is 29.7 Å². The van der Waals surface area contributed by atoms with E-state index in [4.69, 9.17) is 0 Å². The summed E-state index contributed by atoms with van der Waals surface area (Å²) in [5, 5.41) is 11.8. The van der Waals surface area contributed by atoms with Gasteiger partial charge in [0.2, 0.25) is 6.41 Å². The van der Waals surface area contributed by atoms with Crippen molar-refractivity contribution in [1.82, 2.24) is 5.06 Å². The molecule has 1 heterocycles. The molecule has 8 heteroatoms. The van der Waals surface area contributed by atoms with E-state index in [0.29, 0.717) is 22.4 Å². The summed E-state index contributed by atoms with van der Waals surface area (Å²) in [4.78, 5) is 10.8. The first kappa shape index (κ1) is 18.8. The van der Waals surface area contributed by atoms with Crippen LogP contribution in [0.4, 0.5) is 4.39 Å². The van der Waals surface area contributed by atoms with Crippen molar-refractivity contribution in [2.75, 3.05) is 5.75 Å². The second-order valence-corrected chi connectivity index (χ2v) is 9.26. The lowest BCUT2D eigenvalue weighted by Gasteiger charge is -2.24. The van der Waals surface area contributed by atoms with Crippen LogP contribution < -0.4 is 0 Å². The number of amides is 1. The topological polar surface area (TPSA) is 74.7 Å². The first-order valence-electron chi connectivity index (χ1n) is 7.50. The van der Waals surface area contributed by atoms with Gasteiger partial charge in [0.15, 0.2) is 9.84 Å². The molecular weight excluding hydrogens is 353 g/mol. The van der Waals surface area contributed by atoms with Crippen molar-refractivity contribution in [2.24, 2.45) is 5.92 Å². The SMILES string of the molecule is CC(C)CC(CS(=O)(=O)Cc1ccc2scc(F)c2c1)N(O)C=O. The summed E-state index contributed by atoms with van der Waals surface area (Å²) in [5.74, 6) is -0.852. The second kappa shape index (κ2) is 7.58. The Labute approximate surface area is 144 Å². The Balaban J connectivity index is 2.18. The summed E-state index contributed by atoms with van der Waals surface area (Å²) in [6, 6.07) is 4.09. The summed E-state index contributed by atoms with van der Waals surface area (Å²) in [6.45, 7) is 3.76. The number of thiophene rings is 1. The first-order chi connectivity index (χ1) is 11.2. The van der Waals surface area contributed by atoms with E-state index < -0.39 is 15.9 Å². The molecule has 5 nitrogen and oxygen atoms in total. The van der Waals surface area contributed by atoms with Crippen molar-refractivity contribution in [1.29, 1.82) is 0 Å². The van der Waals surface area contributed by atoms with Crippen molar-refractivity contribution in [3.8, 4) is 0 Å². The van der Waals surface area contributed by atoms with E-state index in [9.17, 15) is 22.8 Å². The largest absolute Gasteiger partial charge is 0.286 e. The number of carbonyl (C=O) groups is 1. The number of hydroxylamine groups is 2. The Morgan fingerprint density at radius 2 is 2.08 bits per heavy atom. The van der Waals surface area contributed by atoms with Crippen LogP contribution >= 0.6 is 11.3 Å². The minimum absolute atomic E-state index is 0.121. The summed E-state index contributed by atoms with van der Waals surface area (Å²) in [7, 11) is -3.58. The molecule has 2 rings (SSSR count). The predicted molar refractivity (Wildman–Crippen MR) is 92.2 cm³/mol. The van der Waals surface area contributed by atoms with E-state index in [1.54, 1.807) is 12.1 Å². The minimum atomic E-state index is -3.58. The Morgan fingerprint density at radius 3 is 2.71 bits per heavy atom. The van der Waals surface area contributed by atoms with Crippen molar-refractivity contribution in [3.05, 3.63) is 35.0 Å². The molecule has 0 spiro atoms. The fraction of sp³-hybridized carbons (Fsp3) is 0.438. The lowest BCUT2D eigenvalue weighted by molar-refractivity contribution is -0.159. The van der Waals surface area contributed by atoms with Crippen LogP contribution in [0.3, 0.4) is 0 Å². The van der Waals surface area contributed by atoms with E-state index >= 15 is 0 Å². The number of hydrogen-bond acceptors (Lipinski definition) is 5. The van der Waals surface area contributed by atoms with Crippen LogP contribution in [0, 0.1) is 11.7 Å². The normalized spacial score (nSPS) is 13.4. The number of benzene rings is 1. The van der Waals surface area contributed by atoms with Crippen molar-refractivity contribution in [3.63, 3.8) is 0 Å². The van der Waals surface area contributed by atoms with E-state index in [1.165, 1.54) is 22.8 Å². The maximum absolute atomic E-state index is 13.6. The third-order valence-corrected chi connectivity index (χ3v) is 6.25. The quantitative estimate of drug-likeness (QED) is 0.438. The lowest BCUT2D eigenvalue weighted by Crippen LogP contribution is -2.38. The molecule has 0 aliphatic rings. The molecule has 0 aliphatic heterocycles. The summed E-state index contributed by atoms with van der Waals surface area (Å²) in [5.41, 5.74) is 0.485. The van der Waals surface area contributed by atoms with Gasteiger partial charge in [0.25, 0.3) is 0 Å². The number of rotatable bonds is 8. The molecule has 0 saturated carbocycles. The number of halogens is 1. The molecule has 132 valence electrons. The van der Waals surface area contributed by atoms with Crippen LogP contribution in [0.1, 0.15) is 25.8 Å². The highest BCUT2D eigenvalue weighted by Crippen LogP contribution is 2.26. The zero-order chi connectivity index (χ0) is 17.9. The smallest absolute Gasteiger partial charge is 0.233 e. The van der Waals surface area contributed by atoms with Gasteiger partial charge >= 0.3 is 0 Å². The molecule has 1 aromatic heterocycles. The van der Waals surface area contributed by atoms with E-state index in [2.05, 4.69) is 0 Å². The molecule has 24 heavy (non-hydrogen) atoms. The van der Waals surface area contributed by atoms with Crippen LogP contribution in [-0.2, 0) is 20.4 Å². The van der Waals surface area contributed by atoms with Crippen LogP contribution in [0.15, 0.2) is 23.6 Å². The summed E-state index contributed by atoms with van der Waals surface area (Å²) >= 11 is 1.26. The van der Waals surface area contributed by atoms with Crippen LogP contribution in [0.25, 0.3) is 10.1 Å². The maximum Gasteiger partial charge on any atom is 0.233 e. The van der Waals surface area contributed by atoms with Gasteiger partial charge in [-0.3, -0.25) is 10.0 Å². The van der Waals surface area contributed by atoms with Crippen molar-refractivity contribution in [2.45, 2.75) is 32.1 Å². The maximum atomic E-state index is 13.6. The van der Waals surface area contributed by atoms with Gasteiger partial charge in [-0.15, -0.1) is 11.3 Å². The molecule has 0 fully saturated rings. The van der Waals surface area contributed by atoms with Gasteiger partial charge < -0.3 is 0 Å². The Kier molecular flexibility index (Phi) is 5.95. The zero-order valence-electron chi connectivity index (χ0n) is 13.5. The third-order valence-electron chi connectivity index (χ3n) is 3.65. The predicted octanol–water partition coefficient (Wildman–Crippen LogP) is 3.22. The van der Waals surface area contributed by atoms with Crippen LogP contribution in [-0.4, -0.2) is 36.9 Å². The van der Waals surface area contributed by atoms with Crippen molar-refractivity contribution >= 4 is 37.7 Å². The Bertz CT molecular complexity index is 817. The Hall–Kier alpha value is -1.51. The second-order valence-electron chi connectivity index (χ2n) is 6.24. The average molecular weight is 373 g/mol. The molecule has 1 unspecified atom stereocenters. The first-order valence-corrected chi connectivity index (χ1v) is 10.2. The van der Waals surface area contributed by atoms with Gasteiger partial charge in [0.1, 0.15) is 5.82 Å². The van der Waals surface area contributed by atoms with Gasteiger partial charge in [0, 0.05) is 15.5 Å². The fourth-order valence-electron chi connectivity index (χ4n) is 2.62. The van der Waals surface area contributed by atoms with Crippen LogP contribution in [0.5, 0.6) is 0 Å². The fourth-order valence-corrected chi connectivity index (χ4v) is 5.09. The molecule has 1 aromatic carbocycles. The molecule has 1 amide bonds. The highest BCUT2D eigenvalue weighted by molar-refractivity contribution is 7.90. The standard InChI is InChI=1S/C16H20FNO4S2/c1-11(2)5-13(18(20)10-19)9-24(21,22)8-12-3-4-16-14(6-12)15(17)7-23-16/h3-4,6-7,10-11,13,20H,5,8-9H2,1-2H3. The molecule has 0 aliphatic carbocycles. The Morgan fingerprint density at radius 1 is 1.38 bits per heavy atom. The molecule has 1 atom stereocenters. The highest BCUT2D eigenvalue weighted by atomic mass is 32.2. The summed E-state index contributed by atoms with van der Waals surface area (Å²) < 4.78 is 39.3. The van der Waals surface area contributed by atoms with E-state index in [0.717, 1.165) is 4.70 Å². The average Bonchev–Trinajstić information content (AvgIpc) is 2.85. The van der Waals surface area contributed by atoms with Gasteiger partial charge in [-0.05, 0) is 30.0 Å². The third kappa shape index (κ3) is 4.75. The van der Waals surface area contributed by atoms with Gasteiger partial charge in [0.05, 0.1) is 17.5 Å². The number of carbonyl (C=O) groups excluding carboxylic acids is 1. The lowest BCUT2D eigenvalue weighted by atomic mass is 10.1. The van der Waals surface area contributed by atoms with E-state index in [1.807, 2.05) is 13.8 Å². The monoisotopic (exact) mass is 373 g/mol. The van der Waals surface area contributed by atoms with Gasteiger partial charge in [-0.2, -0.15) is 0 Å². The minimum Gasteiger partial charge on any atom is -0.286 e. The van der Waals surface area contributed by atoms with Gasteiger partial charge in [-0.1, -0.05) is 19.9 Å². The van der Waals surface area contributed by atoms with Crippen molar-refractivity contribution < 1.29 is 22.8 Å². The molecule has 0 radical (unpaired) electrons. The summed E-state index contributed by atoms with van der Waals surface area (Å²) in [6.07, 6.45) is 0.585. The molecule has 1 N–H and O–H groups in total. The molecule has 0 bridgehead atoms.